The monoisotopic (exact) mass is 844 g/mol. The minimum absolute atomic E-state index is 0.0652. The molecule has 0 heterocycles. The zero-order valence-electron chi connectivity index (χ0n) is 36.9. The molecule has 0 aliphatic rings. The normalized spacial score (nSPS) is 14.2. The van der Waals surface area contributed by atoms with Gasteiger partial charge in [-0.25, -0.2) is 4.57 Å². The van der Waals surface area contributed by atoms with Crippen LogP contribution in [0.3, 0.4) is 0 Å². The number of hydrogen-bond acceptors (Lipinski definition) is 7. The average Bonchev–Trinajstić information content (AvgIpc) is 3.22. The summed E-state index contributed by atoms with van der Waals surface area (Å²) in [5.41, 5.74) is 0. The molecule has 0 aliphatic carbocycles. The van der Waals surface area contributed by atoms with Gasteiger partial charge in [0.1, 0.15) is 12.7 Å². The molecule has 0 aromatic carbocycles. The number of aliphatic hydroxyl groups excluding tert-OH is 1. The average molecular weight is 844 g/mol. The first kappa shape index (κ1) is 55.9. The summed E-state index contributed by atoms with van der Waals surface area (Å²) in [4.78, 5) is 33.9. The van der Waals surface area contributed by atoms with Gasteiger partial charge in [0.25, 0.3) is 0 Å². The Balaban J connectivity index is 3.74. The van der Waals surface area contributed by atoms with Crippen LogP contribution in [0.5, 0.6) is 0 Å². The van der Waals surface area contributed by atoms with Crippen LogP contribution >= 0.6 is 7.82 Å². The van der Waals surface area contributed by atoms with Crippen molar-refractivity contribution < 1.29 is 37.9 Å². The van der Waals surface area contributed by atoms with E-state index in [9.17, 15) is 24.2 Å². The second kappa shape index (κ2) is 44.5. The summed E-state index contributed by atoms with van der Waals surface area (Å²) in [5, 5.41) is 12.7. The smallest absolute Gasteiger partial charge is 0.463 e. The van der Waals surface area contributed by atoms with Gasteiger partial charge in [0.15, 0.2) is 0 Å². The molecule has 0 spiro atoms. The standard InChI is InChI=1S/C49H82NO8P/c1-3-5-7-9-11-13-15-17-19-20-21-22-23-24-25-26-28-30-32-34-36-38-40-42-49(53)56-45-47(51)46-58-59(54,55)57-44-43-50-48(52)41-39-37-35-33-31-29-27-18-16-14-12-10-8-6-4-2/h5,7,11,13,17-19,21-22,24-25,27-28,30,34,36,47,51H,3-4,6,8-10,12,14-16,20,23,26,29,31-33,35,37-46H2,1-2H3,(H,50,52)(H,54,55)/b7-5-,13-11-,19-17-,22-21-,25-24-,27-18-,30-28-,36-34-. The van der Waals surface area contributed by atoms with Crippen molar-refractivity contribution in [2.24, 2.45) is 0 Å². The molecular weight excluding hydrogens is 762 g/mol. The number of phosphoric ester groups is 1. The van der Waals surface area contributed by atoms with Crippen molar-refractivity contribution in [3.63, 3.8) is 0 Å². The van der Waals surface area contributed by atoms with Gasteiger partial charge in [-0.15, -0.1) is 0 Å². The van der Waals surface area contributed by atoms with Gasteiger partial charge >= 0.3 is 13.8 Å². The van der Waals surface area contributed by atoms with Gasteiger partial charge in [0, 0.05) is 19.4 Å². The van der Waals surface area contributed by atoms with Crippen molar-refractivity contribution >= 4 is 19.7 Å². The Labute approximate surface area is 359 Å². The van der Waals surface area contributed by atoms with E-state index in [-0.39, 0.29) is 32.1 Å². The number of aliphatic hydroxyl groups is 1. The molecule has 9 nitrogen and oxygen atoms in total. The second-order valence-electron chi connectivity index (χ2n) is 14.6. The topological polar surface area (TPSA) is 131 Å². The van der Waals surface area contributed by atoms with Crippen molar-refractivity contribution in [1.82, 2.24) is 5.32 Å². The quantitative estimate of drug-likeness (QED) is 0.0240. The Bertz CT molecular complexity index is 1280. The fourth-order valence-corrected chi connectivity index (χ4v) is 6.35. The van der Waals surface area contributed by atoms with Crippen molar-refractivity contribution in [3.05, 3.63) is 97.2 Å². The van der Waals surface area contributed by atoms with Crippen molar-refractivity contribution in [2.75, 3.05) is 26.4 Å². The first-order valence-electron chi connectivity index (χ1n) is 22.7. The number of unbranched alkanes of at least 4 members (excludes halogenated alkanes) is 12. The van der Waals surface area contributed by atoms with E-state index in [2.05, 4.69) is 110 Å². The van der Waals surface area contributed by atoms with Gasteiger partial charge in [0.2, 0.25) is 5.91 Å². The molecule has 0 bridgehead atoms. The predicted molar refractivity (Wildman–Crippen MR) is 247 cm³/mol. The summed E-state index contributed by atoms with van der Waals surface area (Å²) in [6, 6.07) is 0. The van der Waals surface area contributed by atoms with Crippen LogP contribution in [0.1, 0.15) is 168 Å². The predicted octanol–water partition coefficient (Wildman–Crippen LogP) is 13.0. The van der Waals surface area contributed by atoms with E-state index in [4.69, 9.17) is 13.8 Å². The maximum absolute atomic E-state index is 12.1. The number of hydrogen-bond donors (Lipinski definition) is 3. The third-order valence-electron chi connectivity index (χ3n) is 9.00. The number of esters is 1. The number of carbonyl (C=O) groups is 2. The summed E-state index contributed by atoms with van der Waals surface area (Å²) < 4.78 is 26.8. The Hall–Kier alpha value is -3.07. The molecule has 336 valence electrons. The highest BCUT2D eigenvalue weighted by molar-refractivity contribution is 7.47. The van der Waals surface area contributed by atoms with Crippen LogP contribution in [0.25, 0.3) is 0 Å². The highest BCUT2D eigenvalue weighted by atomic mass is 31.2. The highest BCUT2D eigenvalue weighted by Crippen LogP contribution is 2.42. The zero-order valence-corrected chi connectivity index (χ0v) is 37.8. The van der Waals surface area contributed by atoms with E-state index >= 15 is 0 Å². The third-order valence-corrected chi connectivity index (χ3v) is 9.98. The zero-order chi connectivity index (χ0) is 43.2. The van der Waals surface area contributed by atoms with Crippen LogP contribution in [0, 0.1) is 0 Å². The van der Waals surface area contributed by atoms with E-state index < -0.39 is 26.5 Å². The molecular formula is C49H82NO8P. The fourth-order valence-electron chi connectivity index (χ4n) is 5.60. The molecule has 0 saturated heterocycles. The molecule has 59 heavy (non-hydrogen) atoms. The van der Waals surface area contributed by atoms with E-state index in [1.54, 1.807) is 0 Å². The lowest BCUT2D eigenvalue weighted by Gasteiger charge is -2.15. The van der Waals surface area contributed by atoms with Crippen LogP contribution in [-0.4, -0.2) is 54.3 Å². The van der Waals surface area contributed by atoms with E-state index in [0.717, 1.165) is 83.5 Å². The molecule has 0 aliphatic heterocycles. The number of carbonyl (C=O) groups excluding carboxylic acids is 2. The van der Waals surface area contributed by atoms with Gasteiger partial charge < -0.3 is 20.1 Å². The lowest BCUT2D eigenvalue weighted by atomic mass is 10.1. The van der Waals surface area contributed by atoms with Crippen molar-refractivity contribution in [2.45, 2.75) is 174 Å². The molecule has 0 rings (SSSR count). The Morgan fingerprint density at radius 1 is 0.542 bits per heavy atom. The molecule has 0 radical (unpaired) electrons. The number of amides is 1. The molecule has 10 heteroatoms. The largest absolute Gasteiger partial charge is 0.472 e. The van der Waals surface area contributed by atoms with Crippen LogP contribution < -0.4 is 5.32 Å². The first-order valence-corrected chi connectivity index (χ1v) is 24.2. The van der Waals surface area contributed by atoms with Crippen LogP contribution in [-0.2, 0) is 27.9 Å². The lowest BCUT2D eigenvalue weighted by molar-refractivity contribution is -0.147. The summed E-state index contributed by atoms with van der Waals surface area (Å²) >= 11 is 0. The molecule has 2 atom stereocenters. The minimum atomic E-state index is -4.44. The molecule has 0 aromatic rings. The van der Waals surface area contributed by atoms with Gasteiger partial charge in [-0.05, 0) is 89.9 Å². The maximum atomic E-state index is 12.1. The molecule has 2 unspecified atom stereocenters. The molecule has 0 saturated carbocycles. The van der Waals surface area contributed by atoms with Gasteiger partial charge in [-0.1, -0.05) is 162 Å². The molecule has 3 N–H and O–H groups in total. The number of phosphoric acid groups is 1. The Morgan fingerprint density at radius 2 is 0.983 bits per heavy atom. The molecule has 0 aromatic heterocycles. The minimum Gasteiger partial charge on any atom is -0.463 e. The first-order chi connectivity index (χ1) is 28.8. The SMILES string of the molecule is CC/C=C\C/C=C\C/C=C\C/C=C\C/C=C\C/C=C\C/C=C\CCCC(=O)OCC(O)COP(=O)(O)OCCNC(=O)CCCCCCC/C=C\CCCCCCCC. The third kappa shape index (κ3) is 45.9. The lowest BCUT2D eigenvalue weighted by Crippen LogP contribution is -2.27. The number of nitrogens with one attached hydrogen (secondary N) is 1. The maximum Gasteiger partial charge on any atom is 0.472 e. The Morgan fingerprint density at radius 3 is 1.51 bits per heavy atom. The summed E-state index contributed by atoms with van der Waals surface area (Å²) in [6.45, 7) is 3.34. The van der Waals surface area contributed by atoms with Crippen LogP contribution in [0.2, 0.25) is 0 Å². The Kier molecular flexibility index (Phi) is 42.2. The molecule has 1 amide bonds. The number of rotatable bonds is 41. The van der Waals surface area contributed by atoms with E-state index in [1.807, 2.05) is 6.08 Å². The van der Waals surface area contributed by atoms with Crippen molar-refractivity contribution in [1.29, 1.82) is 0 Å². The number of ether oxygens (including phenoxy) is 1. The van der Waals surface area contributed by atoms with Crippen molar-refractivity contribution in [3.8, 4) is 0 Å². The van der Waals surface area contributed by atoms with E-state index in [0.29, 0.717) is 12.8 Å². The van der Waals surface area contributed by atoms with Gasteiger partial charge in [-0.3, -0.25) is 18.6 Å². The fraction of sp³-hybridized carbons (Fsp3) is 0.633. The van der Waals surface area contributed by atoms with E-state index in [1.165, 1.54) is 51.4 Å². The summed E-state index contributed by atoms with van der Waals surface area (Å²) in [5.74, 6) is -0.593. The number of allylic oxidation sites excluding steroid dienone is 16. The van der Waals surface area contributed by atoms with Crippen LogP contribution in [0.4, 0.5) is 0 Å². The summed E-state index contributed by atoms with van der Waals surface area (Å²) in [6.07, 6.45) is 57.7. The van der Waals surface area contributed by atoms with Gasteiger partial charge in [-0.2, -0.15) is 0 Å². The second-order valence-corrected chi connectivity index (χ2v) is 16.1. The molecule has 0 fully saturated rings. The summed E-state index contributed by atoms with van der Waals surface area (Å²) in [7, 11) is -4.44. The van der Waals surface area contributed by atoms with Crippen LogP contribution in [0.15, 0.2) is 97.2 Å². The van der Waals surface area contributed by atoms with Gasteiger partial charge in [0.05, 0.1) is 13.2 Å². The highest BCUT2D eigenvalue weighted by Gasteiger charge is 2.23.